The Balaban J connectivity index is 1.55. The van der Waals surface area contributed by atoms with Gasteiger partial charge in [-0.3, -0.25) is 14.4 Å². The van der Waals surface area contributed by atoms with Gasteiger partial charge in [0.15, 0.2) is 12.4 Å². The van der Waals surface area contributed by atoms with E-state index in [9.17, 15) is 14.4 Å². The van der Waals surface area contributed by atoms with Crippen molar-refractivity contribution in [3.05, 3.63) is 59.7 Å². The molecule has 0 bridgehead atoms. The molecule has 1 aliphatic rings. The monoisotopic (exact) mass is 367 g/mol. The average Bonchev–Trinajstić information content (AvgIpc) is 3.08. The molecule has 27 heavy (non-hydrogen) atoms. The molecule has 0 N–H and O–H groups in total. The number of ether oxygens (including phenoxy) is 2. The minimum absolute atomic E-state index is 0.0867. The van der Waals surface area contributed by atoms with E-state index < -0.39 is 11.9 Å². The molecule has 0 saturated carbocycles. The summed E-state index contributed by atoms with van der Waals surface area (Å²) in [5.41, 5.74) is 2.29. The number of carbonyl (C=O) groups is 3. The van der Waals surface area contributed by atoms with Crippen LogP contribution in [0.1, 0.15) is 22.3 Å². The highest BCUT2D eigenvalue weighted by atomic mass is 16.5. The van der Waals surface area contributed by atoms with E-state index in [4.69, 9.17) is 9.47 Å². The Morgan fingerprint density at radius 3 is 2.37 bits per heavy atom. The topological polar surface area (TPSA) is 72.9 Å². The van der Waals surface area contributed by atoms with Gasteiger partial charge in [-0.25, -0.2) is 0 Å². The van der Waals surface area contributed by atoms with Crippen LogP contribution in [0.3, 0.4) is 0 Å². The molecule has 0 aromatic heterocycles. The van der Waals surface area contributed by atoms with E-state index in [0.717, 1.165) is 11.3 Å². The number of methoxy groups -OCH3 is 1. The first-order valence-corrected chi connectivity index (χ1v) is 8.69. The van der Waals surface area contributed by atoms with Crippen LogP contribution in [0.2, 0.25) is 0 Å². The summed E-state index contributed by atoms with van der Waals surface area (Å²) in [7, 11) is 1.54. The van der Waals surface area contributed by atoms with Crippen molar-refractivity contribution in [3.8, 4) is 5.75 Å². The summed E-state index contributed by atoms with van der Waals surface area (Å²) >= 11 is 0. The van der Waals surface area contributed by atoms with Crippen LogP contribution in [0, 0.1) is 12.8 Å². The first kappa shape index (κ1) is 18.6. The van der Waals surface area contributed by atoms with Gasteiger partial charge >= 0.3 is 5.97 Å². The number of nitrogens with zero attached hydrogens (tertiary/aromatic N) is 1. The van der Waals surface area contributed by atoms with Crippen LogP contribution in [0.25, 0.3) is 0 Å². The molecule has 1 heterocycles. The third-order valence-corrected chi connectivity index (χ3v) is 4.56. The smallest absolute Gasteiger partial charge is 0.311 e. The van der Waals surface area contributed by atoms with E-state index in [2.05, 4.69) is 0 Å². The molecular formula is C21H21NO5. The quantitative estimate of drug-likeness (QED) is 0.580. The van der Waals surface area contributed by atoms with E-state index in [1.54, 1.807) is 36.3 Å². The Morgan fingerprint density at radius 2 is 1.74 bits per heavy atom. The summed E-state index contributed by atoms with van der Waals surface area (Å²) < 4.78 is 10.2. The fraction of sp³-hybridized carbons (Fsp3) is 0.286. The molecule has 0 spiro atoms. The van der Waals surface area contributed by atoms with Crippen LogP contribution in [0.15, 0.2) is 48.5 Å². The lowest BCUT2D eigenvalue weighted by atomic mass is 10.1. The lowest BCUT2D eigenvalue weighted by Gasteiger charge is -2.16. The molecular weight excluding hydrogens is 346 g/mol. The van der Waals surface area contributed by atoms with Crippen molar-refractivity contribution in [1.29, 1.82) is 0 Å². The van der Waals surface area contributed by atoms with Crippen molar-refractivity contribution in [3.63, 3.8) is 0 Å². The van der Waals surface area contributed by atoms with Gasteiger partial charge in [-0.05, 0) is 43.3 Å². The first-order chi connectivity index (χ1) is 13.0. The number of hydrogen-bond donors (Lipinski definition) is 0. The Bertz CT molecular complexity index is 842. The third-order valence-electron chi connectivity index (χ3n) is 4.56. The van der Waals surface area contributed by atoms with Crippen LogP contribution >= 0.6 is 0 Å². The van der Waals surface area contributed by atoms with Gasteiger partial charge in [0.05, 0.1) is 13.0 Å². The van der Waals surface area contributed by atoms with E-state index in [1.807, 2.05) is 31.2 Å². The van der Waals surface area contributed by atoms with Gasteiger partial charge in [-0.1, -0.05) is 17.7 Å². The Hall–Kier alpha value is -3.15. The highest BCUT2D eigenvalue weighted by molar-refractivity contribution is 6.01. The molecule has 2 aromatic carbocycles. The maximum Gasteiger partial charge on any atom is 0.311 e. The molecule has 1 fully saturated rings. The van der Waals surface area contributed by atoms with E-state index in [0.29, 0.717) is 11.3 Å². The average molecular weight is 367 g/mol. The van der Waals surface area contributed by atoms with Crippen molar-refractivity contribution >= 4 is 23.3 Å². The number of carbonyl (C=O) groups excluding carboxylic acids is 3. The molecule has 1 amide bonds. The summed E-state index contributed by atoms with van der Waals surface area (Å²) in [5.74, 6) is -0.875. The van der Waals surface area contributed by atoms with Crippen molar-refractivity contribution in [2.75, 3.05) is 25.2 Å². The molecule has 3 rings (SSSR count). The maximum absolute atomic E-state index is 12.3. The standard InChI is InChI=1S/C21H21NO5/c1-14-3-7-17(8-4-14)22-12-16(11-20(22)24)21(25)27-13-19(23)15-5-9-18(26-2)10-6-15/h3-10,16H,11-13H2,1-2H3/t16-/m0/s1. The van der Waals surface area contributed by atoms with Gasteiger partial charge in [0.2, 0.25) is 5.91 Å². The zero-order chi connectivity index (χ0) is 19.4. The summed E-state index contributed by atoms with van der Waals surface area (Å²) in [4.78, 5) is 38.2. The van der Waals surface area contributed by atoms with Crippen molar-refractivity contribution < 1.29 is 23.9 Å². The fourth-order valence-corrected chi connectivity index (χ4v) is 2.95. The zero-order valence-corrected chi connectivity index (χ0v) is 15.3. The second-order valence-electron chi connectivity index (χ2n) is 6.50. The molecule has 1 aliphatic heterocycles. The fourth-order valence-electron chi connectivity index (χ4n) is 2.95. The van der Waals surface area contributed by atoms with Crippen molar-refractivity contribution in [2.45, 2.75) is 13.3 Å². The lowest BCUT2D eigenvalue weighted by Crippen LogP contribution is -2.27. The molecule has 1 atom stereocenters. The highest BCUT2D eigenvalue weighted by Gasteiger charge is 2.36. The number of aryl methyl sites for hydroxylation is 1. The number of amides is 1. The minimum Gasteiger partial charge on any atom is -0.497 e. The van der Waals surface area contributed by atoms with Gasteiger partial charge in [0, 0.05) is 24.2 Å². The normalized spacial score (nSPS) is 16.3. The number of hydrogen-bond acceptors (Lipinski definition) is 5. The van der Waals surface area contributed by atoms with Gasteiger partial charge < -0.3 is 14.4 Å². The number of esters is 1. The van der Waals surface area contributed by atoms with E-state index >= 15 is 0 Å². The number of anilines is 1. The second kappa shape index (κ2) is 8.03. The van der Waals surface area contributed by atoms with Crippen LogP contribution in [-0.2, 0) is 14.3 Å². The SMILES string of the molecule is COc1ccc(C(=O)COC(=O)[C@H]2CC(=O)N(c3ccc(C)cc3)C2)cc1. The number of ketones is 1. The summed E-state index contributed by atoms with van der Waals surface area (Å²) in [5, 5.41) is 0. The Labute approximate surface area is 157 Å². The molecule has 140 valence electrons. The minimum atomic E-state index is -0.567. The first-order valence-electron chi connectivity index (χ1n) is 8.69. The van der Waals surface area contributed by atoms with Crippen LogP contribution in [0.5, 0.6) is 5.75 Å². The number of rotatable bonds is 6. The van der Waals surface area contributed by atoms with Gasteiger partial charge in [-0.15, -0.1) is 0 Å². The molecule has 1 saturated heterocycles. The Kier molecular flexibility index (Phi) is 5.54. The molecule has 0 radical (unpaired) electrons. The van der Waals surface area contributed by atoms with Gasteiger partial charge in [0.1, 0.15) is 5.75 Å². The second-order valence-corrected chi connectivity index (χ2v) is 6.50. The lowest BCUT2D eigenvalue weighted by molar-refractivity contribution is -0.147. The molecule has 0 aliphatic carbocycles. The van der Waals surface area contributed by atoms with Crippen molar-refractivity contribution in [2.24, 2.45) is 5.92 Å². The summed E-state index contributed by atoms with van der Waals surface area (Å²) in [6, 6.07) is 14.1. The van der Waals surface area contributed by atoms with Crippen LogP contribution in [0.4, 0.5) is 5.69 Å². The van der Waals surface area contributed by atoms with Crippen LogP contribution in [-0.4, -0.2) is 37.9 Å². The third kappa shape index (κ3) is 4.34. The van der Waals surface area contributed by atoms with E-state index in [-0.39, 0.29) is 31.3 Å². The molecule has 2 aromatic rings. The predicted molar refractivity (Wildman–Crippen MR) is 99.9 cm³/mol. The zero-order valence-electron chi connectivity index (χ0n) is 15.3. The van der Waals surface area contributed by atoms with Gasteiger partial charge in [0.25, 0.3) is 0 Å². The Morgan fingerprint density at radius 1 is 1.07 bits per heavy atom. The largest absolute Gasteiger partial charge is 0.497 e. The number of benzene rings is 2. The molecule has 6 heteroatoms. The summed E-state index contributed by atoms with van der Waals surface area (Å²) in [6.45, 7) is 1.88. The number of Topliss-reactive ketones (excluding diaryl/α,β-unsaturated/α-hetero) is 1. The van der Waals surface area contributed by atoms with Gasteiger partial charge in [-0.2, -0.15) is 0 Å². The maximum atomic E-state index is 12.3. The highest BCUT2D eigenvalue weighted by Crippen LogP contribution is 2.26. The van der Waals surface area contributed by atoms with E-state index in [1.165, 1.54) is 0 Å². The van der Waals surface area contributed by atoms with Crippen LogP contribution < -0.4 is 9.64 Å². The predicted octanol–water partition coefficient (Wildman–Crippen LogP) is 2.78. The molecule has 6 nitrogen and oxygen atoms in total. The van der Waals surface area contributed by atoms with Crippen molar-refractivity contribution in [1.82, 2.24) is 0 Å². The summed E-state index contributed by atoms with van der Waals surface area (Å²) in [6.07, 6.45) is 0.0867. The molecule has 0 unspecified atom stereocenters.